The molecule has 0 aromatic rings. The second-order valence-corrected chi connectivity index (χ2v) is 4.91. The third-order valence-electron chi connectivity index (χ3n) is 3.48. The van der Waals surface area contributed by atoms with Crippen LogP contribution in [0.5, 0.6) is 0 Å². The maximum Gasteiger partial charge on any atom is 0.0623 e. The van der Waals surface area contributed by atoms with E-state index in [4.69, 9.17) is 9.47 Å². The number of hydrogen-bond donors (Lipinski definition) is 1. The molecule has 1 N–H and O–H groups in total. The molecule has 1 aliphatic heterocycles. The largest absolute Gasteiger partial charge is 0.380 e. The summed E-state index contributed by atoms with van der Waals surface area (Å²) in [6.07, 6.45) is 4.99. The van der Waals surface area contributed by atoms with Crippen molar-refractivity contribution in [2.24, 2.45) is 5.92 Å². The zero-order chi connectivity index (χ0) is 12.5. The summed E-state index contributed by atoms with van der Waals surface area (Å²) in [6.45, 7) is 10.3. The first-order valence-corrected chi connectivity index (χ1v) is 7.26. The highest BCUT2D eigenvalue weighted by Crippen LogP contribution is 2.26. The molecule has 3 nitrogen and oxygen atoms in total. The fourth-order valence-corrected chi connectivity index (χ4v) is 2.56. The van der Waals surface area contributed by atoms with Crippen LogP contribution in [0, 0.1) is 5.92 Å². The van der Waals surface area contributed by atoms with Gasteiger partial charge in [-0.1, -0.05) is 20.8 Å². The van der Waals surface area contributed by atoms with Crippen LogP contribution in [-0.2, 0) is 9.47 Å². The van der Waals surface area contributed by atoms with Gasteiger partial charge in [0.25, 0.3) is 0 Å². The first-order chi connectivity index (χ1) is 8.33. The summed E-state index contributed by atoms with van der Waals surface area (Å²) in [5.74, 6) is 0.628. The highest BCUT2D eigenvalue weighted by atomic mass is 16.5. The number of nitrogens with one attached hydrogen (secondary N) is 1. The van der Waals surface area contributed by atoms with Gasteiger partial charge in [-0.15, -0.1) is 0 Å². The van der Waals surface area contributed by atoms with Gasteiger partial charge in [-0.3, -0.25) is 0 Å². The Hall–Kier alpha value is -0.120. The Bertz CT molecular complexity index is 187. The molecule has 1 rings (SSSR count). The van der Waals surface area contributed by atoms with Gasteiger partial charge < -0.3 is 14.8 Å². The van der Waals surface area contributed by atoms with Crippen LogP contribution in [0.3, 0.4) is 0 Å². The van der Waals surface area contributed by atoms with E-state index in [1.165, 1.54) is 12.8 Å². The van der Waals surface area contributed by atoms with Gasteiger partial charge in [0.15, 0.2) is 0 Å². The molecule has 1 aliphatic rings. The van der Waals surface area contributed by atoms with Crippen molar-refractivity contribution in [2.75, 3.05) is 26.4 Å². The predicted octanol–water partition coefficient (Wildman–Crippen LogP) is 2.60. The minimum absolute atomic E-state index is 0.426. The fourth-order valence-electron chi connectivity index (χ4n) is 2.56. The van der Waals surface area contributed by atoms with Crippen LogP contribution in [0.15, 0.2) is 0 Å². The zero-order valence-corrected chi connectivity index (χ0v) is 11.7. The number of rotatable bonds is 9. The van der Waals surface area contributed by atoms with E-state index in [0.29, 0.717) is 18.1 Å². The molecule has 1 saturated heterocycles. The molecule has 0 aromatic carbocycles. The van der Waals surface area contributed by atoms with E-state index in [0.717, 1.165) is 39.2 Å². The van der Waals surface area contributed by atoms with Gasteiger partial charge >= 0.3 is 0 Å². The summed E-state index contributed by atoms with van der Waals surface area (Å²) in [6, 6.07) is 0.467. The van der Waals surface area contributed by atoms with Crippen LogP contribution in [0.4, 0.5) is 0 Å². The van der Waals surface area contributed by atoms with E-state index in [1.807, 2.05) is 0 Å². The number of ether oxygens (including phenoxy) is 2. The molecular weight excluding hydrogens is 214 g/mol. The van der Waals surface area contributed by atoms with Crippen molar-refractivity contribution in [3.05, 3.63) is 0 Å². The Morgan fingerprint density at radius 1 is 1.29 bits per heavy atom. The molecule has 0 saturated carbocycles. The van der Waals surface area contributed by atoms with Crippen molar-refractivity contribution in [1.29, 1.82) is 0 Å². The van der Waals surface area contributed by atoms with Crippen molar-refractivity contribution in [3.63, 3.8) is 0 Å². The first-order valence-electron chi connectivity index (χ1n) is 7.26. The minimum atomic E-state index is 0.426. The first kappa shape index (κ1) is 14.9. The van der Waals surface area contributed by atoms with Crippen LogP contribution in [0.1, 0.15) is 46.5 Å². The van der Waals surface area contributed by atoms with Crippen LogP contribution in [-0.4, -0.2) is 38.5 Å². The van der Waals surface area contributed by atoms with Crippen LogP contribution >= 0.6 is 0 Å². The van der Waals surface area contributed by atoms with Gasteiger partial charge in [-0.25, -0.2) is 0 Å². The average Bonchev–Trinajstić information content (AvgIpc) is 2.81. The lowest BCUT2D eigenvalue weighted by molar-refractivity contribution is 0.0486. The topological polar surface area (TPSA) is 30.5 Å². The van der Waals surface area contributed by atoms with Crippen molar-refractivity contribution in [1.82, 2.24) is 5.32 Å². The fraction of sp³-hybridized carbons (Fsp3) is 1.00. The van der Waals surface area contributed by atoms with Gasteiger partial charge in [-0.05, 0) is 32.2 Å². The smallest absolute Gasteiger partial charge is 0.0623 e. The van der Waals surface area contributed by atoms with Gasteiger partial charge in [0, 0.05) is 25.2 Å². The summed E-state index contributed by atoms with van der Waals surface area (Å²) >= 11 is 0. The molecular formula is C14H29NO2. The highest BCUT2D eigenvalue weighted by molar-refractivity contribution is 4.85. The lowest BCUT2D eigenvalue weighted by Crippen LogP contribution is -2.43. The Morgan fingerprint density at radius 3 is 2.76 bits per heavy atom. The van der Waals surface area contributed by atoms with Gasteiger partial charge in [0.05, 0.1) is 12.7 Å². The second kappa shape index (κ2) is 8.90. The molecule has 3 unspecified atom stereocenters. The average molecular weight is 243 g/mol. The maximum atomic E-state index is 5.79. The lowest BCUT2D eigenvalue weighted by Gasteiger charge is -2.28. The molecule has 17 heavy (non-hydrogen) atoms. The molecule has 0 amide bonds. The SMILES string of the molecule is CCCNC(COCCC)C1CCOC1CC. The van der Waals surface area contributed by atoms with Gasteiger partial charge in [0.2, 0.25) is 0 Å². The standard InChI is InChI=1S/C14H29NO2/c1-4-8-15-13(11-16-9-5-2)12-7-10-17-14(12)6-3/h12-15H,4-11H2,1-3H3. The van der Waals surface area contributed by atoms with E-state index >= 15 is 0 Å². The van der Waals surface area contributed by atoms with E-state index in [-0.39, 0.29) is 0 Å². The number of hydrogen-bond acceptors (Lipinski definition) is 3. The summed E-state index contributed by atoms with van der Waals surface area (Å²) in [7, 11) is 0. The van der Waals surface area contributed by atoms with Crippen molar-refractivity contribution in [3.8, 4) is 0 Å². The van der Waals surface area contributed by atoms with E-state index in [2.05, 4.69) is 26.1 Å². The van der Waals surface area contributed by atoms with Crippen LogP contribution < -0.4 is 5.32 Å². The Morgan fingerprint density at radius 2 is 2.12 bits per heavy atom. The summed E-state index contributed by atoms with van der Waals surface area (Å²) in [5.41, 5.74) is 0. The zero-order valence-electron chi connectivity index (χ0n) is 11.7. The molecule has 1 fully saturated rings. The third-order valence-corrected chi connectivity index (χ3v) is 3.48. The molecule has 1 heterocycles. The predicted molar refractivity (Wildman–Crippen MR) is 71.3 cm³/mol. The third kappa shape index (κ3) is 4.94. The molecule has 0 aliphatic carbocycles. The molecule has 3 atom stereocenters. The molecule has 3 heteroatoms. The van der Waals surface area contributed by atoms with E-state index in [1.54, 1.807) is 0 Å². The minimum Gasteiger partial charge on any atom is -0.380 e. The molecule has 0 bridgehead atoms. The Balaban J connectivity index is 2.42. The molecule has 0 radical (unpaired) electrons. The van der Waals surface area contributed by atoms with Crippen molar-refractivity contribution < 1.29 is 9.47 Å². The quantitative estimate of drug-likeness (QED) is 0.631. The Labute approximate surface area is 106 Å². The molecule has 102 valence electrons. The normalized spacial score (nSPS) is 26.3. The van der Waals surface area contributed by atoms with Gasteiger partial charge in [-0.2, -0.15) is 0 Å². The highest BCUT2D eigenvalue weighted by Gasteiger charge is 2.33. The van der Waals surface area contributed by atoms with E-state index < -0.39 is 0 Å². The van der Waals surface area contributed by atoms with Gasteiger partial charge in [0.1, 0.15) is 0 Å². The van der Waals surface area contributed by atoms with E-state index in [9.17, 15) is 0 Å². The van der Waals surface area contributed by atoms with Crippen molar-refractivity contribution in [2.45, 2.75) is 58.6 Å². The van der Waals surface area contributed by atoms with Crippen LogP contribution in [0.25, 0.3) is 0 Å². The van der Waals surface area contributed by atoms with Crippen molar-refractivity contribution >= 4 is 0 Å². The second-order valence-electron chi connectivity index (χ2n) is 4.91. The van der Waals surface area contributed by atoms with Crippen LogP contribution in [0.2, 0.25) is 0 Å². The molecule has 0 aromatic heterocycles. The monoisotopic (exact) mass is 243 g/mol. The molecule has 0 spiro atoms. The lowest BCUT2D eigenvalue weighted by atomic mass is 9.91. The summed E-state index contributed by atoms with van der Waals surface area (Å²) in [4.78, 5) is 0. The summed E-state index contributed by atoms with van der Waals surface area (Å²) < 4.78 is 11.5. The maximum absolute atomic E-state index is 5.79. The Kier molecular flexibility index (Phi) is 7.82. The summed E-state index contributed by atoms with van der Waals surface area (Å²) in [5, 5.41) is 3.63.